The van der Waals surface area contributed by atoms with Gasteiger partial charge in [0.05, 0.1) is 16.6 Å². The molecule has 5 atom stereocenters. The van der Waals surface area contributed by atoms with E-state index in [4.69, 9.17) is 4.74 Å². The van der Waals surface area contributed by atoms with Crippen LogP contribution in [0.25, 0.3) is 0 Å². The van der Waals surface area contributed by atoms with E-state index in [1.165, 1.54) is 0 Å². The third-order valence-corrected chi connectivity index (χ3v) is 7.83. The van der Waals surface area contributed by atoms with Crippen LogP contribution < -0.4 is 0 Å². The number of sulfonamides is 1. The summed E-state index contributed by atoms with van der Waals surface area (Å²) in [6.45, 7) is 6.26. The molecule has 0 amide bonds. The molecule has 2 saturated heterocycles. The van der Waals surface area contributed by atoms with Crippen molar-refractivity contribution in [2.75, 3.05) is 0 Å². The summed E-state index contributed by atoms with van der Waals surface area (Å²) in [6, 6.07) is 9.22. The van der Waals surface area contributed by atoms with E-state index in [0.29, 0.717) is 28.6 Å². The lowest BCUT2D eigenvalue weighted by molar-refractivity contribution is -0.0985. The molecule has 7 rings (SSSR count). The van der Waals surface area contributed by atoms with Gasteiger partial charge < -0.3 is 4.74 Å². The Morgan fingerprint density at radius 1 is 0.955 bits per heavy atom. The van der Waals surface area contributed by atoms with Gasteiger partial charge in [0.1, 0.15) is 0 Å². The first kappa shape index (κ1) is 13.5. The maximum Gasteiger partial charge on any atom is 0.243 e. The van der Waals surface area contributed by atoms with Gasteiger partial charge in [-0.3, -0.25) is 0 Å². The van der Waals surface area contributed by atoms with Crippen LogP contribution in [0, 0.1) is 23.7 Å². The second-order valence-electron chi connectivity index (χ2n) is 8.13. The molecule has 1 aromatic carbocycles. The highest BCUT2D eigenvalue weighted by Crippen LogP contribution is 2.80. The molecule has 5 heteroatoms. The molecule has 6 bridgehead atoms. The molecule has 6 fully saturated rings. The van der Waals surface area contributed by atoms with Gasteiger partial charge in [-0.2, -0.15) is 4.31 Å². The van der Waals surface area contributed by atoms with Gasteiger partial charge in [0, 0.05) is 18.0 Å². The van der Waals surface area contributed by atoms with E-state index in [9.17, 15) is 8.42 Å². The van der Waals surface area contributed by atoms with Crippen molar-refractivity contribution in [3.8, 4) is 0 Å². The first-order chi connectivity index (χ1) is 10.3. The van der Waals surface area contributed by atoms with Gasteiger partial charge in [-0.05, 0) is 50.7 Å². The first-order valence-corrected chi connectivity index (χ1v) is 9.53. The maximum absolute atomic E-state index is 12.9. The van der Waals surface area contributed by atoms with E-state index in [0.717, 1.165) is 0 Å². The third-order valence-electron chi connectivity index (χ3n) is 5.92. The minimum atomic E-state index is -3.34. The molecule has 118 valence electrons. The van der Waals surface area contributed by atoms with Gasteiger partial charge in [-0.25, -0.2) is 8.42 Å². The number of ether oxygens (including phenoxy) is 1. The van der Waals surface area contributed by atoms with E-state index < -0.39 is 10.0 Å². The lowest BCUT2D eigenvalue weighted by Crippen LogP contribution is -2.61. The van der Waals surface area contributed by atoms with E-state index >= 15 is 0 Å². The smallest absolute Gasteiger partial charge is 0.243 e. The SMILES string of the molecule is CC(C)(C)OC1C2C3C2C2C1C3N2S(=O)(=O)c1ccccc1. The largest absolute Gasteiger partial charge is 0.372 e. The molecule has 0 spiro atoms. The Labute approximate surface area is 131 Å². The van der Waals surface area contributed by atoms with Gasteiger partial charge >= 0.3 is 0 Å². The van der Waals surface area contributed by atoms with E-state index in [-0.39, 0.29) is 23.8 Å². The van der Waals surface area contributed by atoms with Gasteiger partial charge in [-0.15, -0.1) is 0 Å². The van der Waals surface area contributed by atoms with Crippen LogP contribution in [0.5, 0.6) is 0 Å². The van der Waals surface area contributed by atoms with Crippen LogP contribution in [-0.2, 0) is 14.8 Å². The highest BCUT2D eigenvalue weighted by molar-refractivity contribution is 7.89. The standard InChI is InChI=1S/C17H21NO3S/c1-17(2,3)21-16-12-10-11(12)15-13(16)14(10)18(15)22(19,20)9-7-5-4-6-8-9/h4-8,10-16H,1-3H3. The monoisotopic (exact) mass is 319 g/mol. The predicted octanol–water partition coefficient (Wildman–Crippen LogP) is 2.12. The summed E-state index contributed by atoms with van der Waals surface area (Å²) in [5, 5.41) is 0. The van der Waals surface area contributed by atoms with Crippen molar-refractivity contribution >= 4 is 10.0 Å². The van der Waals surface area contributed by atoms with E-state index in [2.05, 4.69) is 20.8 Å². The molecule has 6 aliphatic rings. The molecule has 4 aliphatic carbocycles. The Kier molecular flexibility index (Phi) is 2.31. The zero-order chi connectivity index (χ0) is 15.4. The highest BCUT2D eigenvalue weighted by Gasteiger charge is 2.89. The fourth-order valence-electron chi connectivity index (χ4n) is 5.47. The minimum Gasteiger partial charge on any atom is -0.372 e. The lowest BCUT2D eigenvalue weighted by atomic mass is 9.92. The molecule has 1 aromatic rings. The fourth-order valence-corrected chi connectivity index (χ4v) is 7.42. The summed E-state index contributed by atoms with van der Waals surface area (Å²) >= 11 is 0. The number of hydrogen-bond donors (Lipinski definition) is 0. The summed E-state index contributed by atoms with van der Waals surface area (Å²) in [7, 11) is -3.34. The molecule has 22 heavy (non-hydrogen) atoms. The number of rotatable bonds is 3. The zero-order valence-corrected chi connectivity index (χ0v) is 13.8. The molecular weight excluding hydrogens is 298 g/mol. The average molecular weight is 319 g/mol. The number of benzene rings is 1. The fraction of sp³-hybridized carbons (Fsp3) is 0.647. The second-order valence-corrected chi connectivity index (χ2v) is 9.98. The first-order valence-electron chi connectivity index (χ1n) is 8.09. The summed E-state index contributed by atoms with van der Waals surface area (Å²) < 4.78 is 33.8. The van der Waals surface area contributed by atoms with Crippen LogP contribution in [0.1, 0.15) is 20.8 Å². The third kappa shape index (κ3) is 1.43. The Balaban J connectivity index is 1.44. The topological polar surface area (TPSA) is 46.6 Å². The van der Waals surface area contributed by atoms with Crippen molar-refractivity contribution < 1.29 is 13.2 Å². The van der Waals surface area contributed by atoms with E-state index in [1.807, 2.05) is 6.07 Å². The van der Waals surface area contributed by atoms with Crippen LogP contribution in [0.2, 0.25) is 0 Å². The Bertz CT molecular complexity index is 721. The average Bonchev–Trinajstić information content (AvgIpc) is 2.66. The van der Waals surface area contributed by atoms with Gasteiger partial charge in [0.25, 0.3) is 0 Å². The zero-order valence-electron chi connectivity index (χ0n) is 13.0. The summed E-state index contributed by atoms with van der Waals surface area (Å²) in [5.74, 6) is 2.15. The highest BCUT2D eigenvalue weighted by atomic mass is 32.2. The number of nitrogens with zero attached hydrogens (tertiary/aromatic N) is 1. The van der Waals surface area contributed by atoms with Gasteiger partial charge in [0.15, 0.2) is 0 Å². The summed E-state index contributed by atoms with van der Waals surface area (Å²) in [6.07, 6.45) is 0.271. The molecule has 5 unspecified atom stereocenters. The second kappa shape index (κ2) is 3.77. The van der Waals surface area contributed by atoms with Crippen molar-refractivity contribution in [3.05, 3.63) is 30.3 Å². The van der Waals surface area contributed by atoms with Crippen LogP contribution in [0.3, 0.4) is 0 Å². The van der Waals surface area contributed by atoms with Crippen LogP contribution in [0.15, 0.2) is 35.2 Å². The Hall–Kier alpha value is -0.910. The van der Waals surface area contributed by atoms with E-state index in [1.54, 1.807) is 28.6 Å². The van der Waals surface area contributed by atoms with Crippen molar-refractivity contribution in [2.24, 2.45) is 23.7 Å². The van der Waals surface area contributed by atoms with Crippen LogP contribution in [0.4, 0.5) is 0 Å². The predicted molar refractivity (Wildman–Crippen MR) is 81.6 cm³/mol. The van der Waals surface area contributed by atoms with Crippen molar-refractivity contribution in [1.82, 2.24) is 4.31 Å². The molecule has 0 radical (unpaired) electrons. The summed E-state index contributed by atoms with van der Waals surface area (Å²) in [5.41, 5.74) is -0.148. The van der Waals surface area contributed by atoms with Crippen molar-refractivity contribution in [3.63, 3.8) is 0 Å². The Morgan fingerprint density at radius 3 is 2.09 bits per heavy atom. The molecular formula is C17H21NO3S. The molecule has 0 N–H and O–H groups in total. The lowest BCUT2D eigenvalue weighted by Gasteiger charge is -2.47. The van der Waals surface area contributed by atoms with Crippen LogP contribution >= 0.6 is 0 Å². The number of hydrogen-bond acceptors (Lipinski definition) is 3. The molecule has 0 aromatic heterocycles. The quantitative estimate of drug-likeness (QED) is 0.857. The minimum absolute atomic E-state index is 0.148. The molecule has 2 aliphatic heterocycles. The molecule has 2 heterocycles. The van der Waals surface area contributed by atoms with Gasteiger partial charge in [-0.1, -0.05) is 18.2 Å². The maximum atomic E-state index is 12.9. The van der Waals surface area contributed by atoms with Crippen molar-refractivity contribution in [1.29, 1.82) is 0 Å². The molecule has 4 saturated carbocycles. The summed E-state index contributed by atoms with van der Waals surface area (Å²) in [4.78, 5) is 0.427. The van der Waals surface area contributed by atoms with Crippen LogP contribution in [-0.4, -0.2) is 36.5 Å². The van der Waals surface area contributed by atoms with Gasteiger partial charge in [0.2, 0.25) is 10.0 Å². The normalized spacial score (nSPS) is 45.0. The Morgan fingerprint density at radius 2 is 1.55 bits per heavy atom. The number of piperidine rings is 1. The molecule has 4 nitrogen and oxygen atoms in total. The van der Waals surface area contributed by atoms with Crippen molar-refractivity contribution in [2.45, 2.75) is 49.5 Å².